The molecule has 1 heterocycles. The molecular weight excluding hydrogens is 192 g/mol. The first-order valence-corrected chi connectivity index (χ1v) is 5.21. The molecule has 86 valence electrons. The molecule has 0 unspecified atom stereocenters. The van der Waals surface area contributed by atoms with Crippen LogP contribution in [0.15, 0.2) is 0 Å². The largest absolute Gasteiger partial charge is 0.368 e. The highest BCUT2D eigenvalue weighted by Gasteiger charge is 2.10. The number of nitrogens with two attached hydrogens (primary N) is 1. The van der Waals surface area contributed by atoms with E-state index in [0.29, 0.717) is 11.9 Å². The maximum atomic E-state index is 5.50. The molecule has 0 fully saturated rings. The predicted octanol–water partition coefficient (Wildman–Crippen LogP) is 0.165. The number of H-pyrrole nitrogens is 1. The number of aromatic nitrogens is 3. The third-order valence-corrected chi connectivity index (χ3v) is 2.08. The minimum Gasteiger partial charge on any atom is -0.368 e. The summed E-state index contributed by atoms with van der Waals surface area (Å²) in [4.78, 5) is 8.40. The van der Waals surface area contributed by atoms with Crippen molar-refractivity contribution in [1.29, 1.82) is 0 Å². The molecule has 0 bridgehead atoms. The van der Waals surface area contributed by atoms with E-state index in [2.05, 4.69) is 46.0 Å². The van der Waals surface area contributed by atoms with E-state index < -0.39 is 0 Å². The molecule has 1 rings (SSSR count). The van der Waals surface area contributed by atoms with Crippen molar-refractivity contribution in [3.05, 3.63) is 0 Å². The van der Waals surface area contributed by atoms with E-state index in [0.717, 1.165) is 26.1 Å². The Morgan fingerprint density at radius 2 is 2.00 bits per heavy atom. The Bertz CT molecular complexity index is 282. The van der Waals surface area contributed by atoms with Gasteiger partial charge in [-0.15, -0.1) is 5.10 Å². The molecule has 6 heteroatoms. The second-order valence-electron chi connectivity index (χ2n) is 3.81. The van der Waals surface area contributed by atoms with E-state index in [9.17, 15) is 0 Å². The van der Waals surface area contributed by atoms with Gasteiger partial charge in [0.15, 0.2) is 0 Å². The van der Waals surface area contributed by atoms with Gasteiger partial charge < -0.3 is 15.5 Å². The zero-order chi connectivity index (χ0) is 11.3. The van der Waals surface area contributed by atoms with Crippen molar-refractivity contribution in [3.8, 4) is 0 Å². The van der Waals surface area contributed by atoms with Crippen LogP contribution in [-0.2, 0) is 0 Å². The summed E-state index contributed by atoms with van der Waals surface area (Å²) >= 11 is 0. The average molecular weight is 212 g/mol. The molecule has 0 atom stereocenters. The Labute approximate surface area is 90.5 Å². The van der Waals surface area contributed by atoms with Gasteiger partial charge in [0.25, 0.3) is 0 Å². The minimum atomic E-state index is 0.371. The van der Waals surface area contributed by atoms with Crippen molar-refractivity contribution in [2.75, 3.05) is 44.4 Å². The maximum absolute atomic E-state index is 5.50. The molecule has 0 saturated carbocycles. The molecule has 0 aliphatic rings. The molecule has 15 heavy (non-hydrogen) atoms. The summed E-state index contributed by atoms with van der Waals surface area (Å²) in [6.07, 6.45) is 1.07. The lowest BCUT2D eigenvalue weighted by molar-refractivity contribution is 0.412. The average Bonchev–Trinajstić information content (AvgIpc) is 2.59. The number of aromatic amines is 1. The second-order valence-corrected chi connectivity index (χ2v) is 3.81. The first-order valence-electron chi connectivity index (χ1n) is 5.21. The van der Waals surface area contributed by atoms with E-state index in [1.807, 2.05) is 0 Å². The van der Waals surface area contributed by atoms with Gasteiger partial charge in [-0.2, -0.15) is 4.98 Å². The van der Waals surface area contributed by atoms with Crippen molar-refractivity contribution >= 4 is 11.9 Å². The van der Waals surface area contributed by atoms with Gasteiger partial charge in [0.05, 0.1) is 0 Å². The van der Waals surface area contributed by atoms with Crippen LogP contribution in [0.25, 0.3) is 0 Å². The number of anilines is 2. The van der Waals surface area contributed by atoms with Crippen LogP contribution < -0.4 is 10.6 Å². The van der Waals surface area contributed by atoms with E-state index in [1.165, 1.54) is 0 Å². The van der Waals surface area contributed by atoms with E-state index in [4.69, 9.17) is 5.73 Å². The lowest BCUT2D eigenvalue weighted by Gasteiger charge is -2.22. The molecule has 0 aromatic carbocycles. The highest BCUT2D eigenvalue weighted by molar-refractivity contribution is 5.33. The maximum Gasteiger partial charge on any atom is 0.246 e. The van der Waals surface area contributed by atoms with Crippen LogP contribution in [0.1, 0.15) is 13.3 Å². The summed E-state index contributed by atoms with van der Waals surface area (Å²) in [5.41, 5.74) is 5.50. The Morgan fingerprint density at radius 1 is 1.27 bits per heavy atom. The smallest absolute Gasteiger partial charge is 0.246 e. The van der Waals surface area contributed by atoms with Gasteiger partial charge in [-0.25, -0.2) is 5.10 Å². The topological polar surface area (TPSA) is 74.1 Å². The van der Waals surface area contributed by atoms with E-state index in [1.54, 1.807) is 0 Å². The first-order chi connectivity index (χ1) is 7.13. The van der Waals surface area contributed by atoms with Crippen LogP contribution in [0.5, 0.6) is 0 Å². The summed E-state index contributed by atoms with van der Waals surface area (Å²) in [7, 11) is 4.10. The quantitative estimate of drug-likeness (QED) is 0.703. The number of hydrogen-bond donors (Lipinski definition) is 2. The molecule has 1 aromatic rings. The third-order valence-electron chi connectivity index (χ3n) is 2.08. The highest BCUT2D eigenvalue weighted by Crippen LogP contribution is 2.07. The number of likely N-dealkylation sites (N-methyl/N-ethyl adjacent to an activating group) is 1. The summed E-state index contributed by atoms with van der Waals surface area (Å²) in [6, 6.07) is 0. The van der Waals surface area contributed by atoms with E-state index in [-0.39, 0.29) is 0 Å². The molecule has 3 N–H and O–H groups in total. The number of nitrogens with zero attached hydrogens (tertiary/aromatic N) is 4. The summed E-state index contributed by atoms with van der Waals surface area (Å²) in [6.45, 7) is 4.98. The normalized spacial score (nSPS) is 10.9. The second kappa shape index (κ2) is 5.55. The van der Waals surface area contributed by atoms with Crippen LogP contribution in [0.2, 0.25) is 0 Å². The Hall–Kier alpha value is -1.30. The standard InChI is InChI=1S/C9H20N6/c1-4-5-15(7-6-14(2)3)9-11-8(10)12-13-9/h4-7H2,1-3H3,(H3,10,11,12,13). The van der Waals surface area contributed by atoms with Gasteiger partial charge in [0.1, 0.15) is 0 Å². The molecule has 0 radical (unpaired) electrons. The minimum absolute atomic E-state index is 0.371. The molecule has 0 amide bonds. The molecule has 0 aliphatic carbocycles. The SMILES string of the molecule is CCCN(CCN(C)C)c1n[nH]c(N)n1. The Kier molecular flexibility index (Phi) is 4.36. The van der Waals surface area contributed by atoms with Crippen molar-refractivity contribution in [1.82, 2.24) is 20.1 Å². The van der Waals surface area contributed by atoms with Gasteiger partial charge in [0.2, 0.25) is 11.9 Å². The first kappa shape index (κ1) is 11.8. The van der Waals surface area contributed by atoms with Crippen molar-refractivity contribution in [2.24, 2.45) is 0 Å². The molecule has 6 nitrogen and oxygen atoms in total. The lowest BCUT2D eigenvalue weighted by atomic mass is 10.4. The summed E-state index contributed by atoms with van der Waals surface area (Å²) in [5.74, 6) is 1.06. The Balaban J connectivity index is 2.57. The summed E-state index contributed by atoms with van der Waals surface area (Å²) in [5, 5.41) is 6.72. The molecule has 1 aromatic heterocycles. The number of nitrogen functional groups attached to an aromatic ring is 1. The van der Waals surface area contributed by atoms with Crippen LogP contribution in [-0.4, -0.2) is 53.8 Å². The van der Waals surface area contributed by atoms with Crippen molar-refractivity contribution in [2.45, 2.75) is 13.3 Å². The molecule has 0 aliphatic heterocycles. The van der Waals surface area contributed by atoms with Gasteiger partial charge in [-0.3, -0.25) is 0 Å². The van der Waals surface area contributed by atoms with Gasteiger partial charge in [0, 0.05) is 19.6 Å². The number of rotatable bonds is 6. The molecular formula is C9H20N6. The fraction of sp³-hybridized carbons (Fsp3) is 0.778. The third kappa shape index (κ3) is 3.75. The van der Waals surface area contributed by atoms with Crippen LogP contribution >= 0.6 is 0 Å². The van der Waals surface area contributed by atoms with Crippen LogP contribution in [0.4, 0.5) is 11.9 Å². The van der Waals surface area contributed by atoms with Gasteiger partial charge >= 0.3 is 0 Å². The predicted molar refractivity (Wildman–Crippen MR) is 61.9 cm³/mol. The van der Waals surface area contributed by atoms with Crippen LogP contribution in [0, 0.1) is 0 Å². The van der Waals surface area contributed by atoms with Gasteiger partial charge in [-0.05, 0) is 20.5 Å². The number of nitrogens with one attached hydrogen (secondary N) is 1. The highest BCUT2D eigenvalue weighted by atomic mass is 15.4. The molecule has 0 spiro atoms. The van der Waals surface area contributed by atoms with E-state index >= 15 is 0 Å². The zero-order valence-corrected chi connectivity index (χ0v) is 9.69. The van der Waals surface area contributed by atoms with Crippen molar-refractivity contribution in [3.63, 3.8) is 0 Å². The monoisotopic (exact) mass is 212 g/mol. The fourth-order valence-electron chi connectivity index (χ4n) is 1.31. The molecule has 0 saturated heterocycles. The zero-order valence-electron chi connectivity index (χ0n) is 9.69. The van der Waals surface area contributed by atoms with Crippen molar-refractivity contribution < 1.29 is 0 Å². The Morgan fingerprint density at radius 3 is 2.47 bits per heavy atom. The fourth-order valence-corrected chi connectivity index (χ4v) is 1.31. The van der Waals surface area contributed by atoms with Crippen LogP contribution in [0.3, 0.4) is 0 Å². The van der Waals surface area contributed by atoms with Gasteiger partial charge in [-0.1, -0.05) is 6.92 Å². The summed E-state index contributed by atoms with van der Waals surface area (Å²) < 4.78 is 0. The lowest BCUT2D eigenvalue weighted by Crippen LogP contribution is -2.33. The number of hydrogen-bond acceptors (Lipinski definition) is 5.